The molecule has 1 heterocycles. The Kier molecular flexibility index (Phi) is 6.26. The van der Waals surface area contributed by atoms with Gasteiger partial charge in [-0.3, -0.25) is 9.59 Å². The number of carbonyl (C=O) groups excluding carboxylic acids is 1. The van der Waals surface area contributed by atoms with Gasteiger partial charge in [0.1, 0.15) is 11.3 Å². The van der Waals surface area contributed by atoms with E-state index in [1.165, 1.54) is 17.8 Å². The van der Waals surface area contributed by atoms with Gasteiger partial charge in [0.25, 0.3) is 5.56 Å². The first-order valence-corrected chi connectivity index (χ1v) is 10.4. The largest absolute Gasteiger partial charge is 0.506 e. The molecule has 6 nitrogen and oxygen atoms in total. The van der Waals surface area contributed by atoms with E-state index in [0.717, 1.165) is 5.56 Å². The zero-order valence-corrected chi connectivity index (χ0v) is 18.3. The van der Waals surface area contributed by atoms with Gasteiger partial charge in [0.2, 0.25) is 0 Å². The molecule has 0 fully saturated rings. The Labute approximate surface area is 191 Å². The summed E-state index contributed by atoms with van der Waals surface area (Å²) in [6.45, 7) is 0.278. The molecule has 0 bridgehead atoms. The number of ketones is 1. The highest BCUT2D eigenvalue weighted by Crippen LogP contribution is 2.29. The molecule has 4 aromatic rings. The normalized spacial score (nSPS) is 11.1. The molecular formula is C27H23NO5. The van der Waals surface area contributed by atoms with Gasteiger partial charge in [-0.1, -0.05) is 54.6 Å². The zero-order chi connectivity index (χ0) is 23.4. The SMILES string of the molecule is COc1ccc(/C=C/C(=O)c2c(O)c3ccccc3n(Cc3ccccc3)c2=O)cc1OC. The van der Waals surface area contributed by atoms with Gasteiger partial charge in [0, 0.05) is 5.39 Å². The summed E-state index contributed by atoms with van der Waals surface area (Å²) in [4.78, 5) is 26.4. The molecule has 33 heavy (non-hydrogen) atoms. The quantitative estimate of drug-likeness (QED) is 0.333. The summed E-state index contributed by atoms with van der Waals surface area (Å²) in [5.74, 6) is 0.185. The Balaban J connectivity index is 1.78. The molecule has 0 unspecified atom stereocenters. The molecule has 1 N–H and O–H groups in total. The predicted molar refractivity (Wildman–Crippen MR) is 128 cm³/mol. The van der Waals surface area contributed by atoms with Crippen LogP contribution in [0.1, 0.15) is 21.5 Å². The van der Waals surface area contributed by atoms with Crippen LogP contribution in [-0.4, -0.2) is 29.7 Å². The third kappa shape index (κ3) is 4.36. The number of nitrogens with zero attached hydrogens (tertiary/aromatic N) is 1. The lowest BCUT2D eigenvalue weighted by atomic mass is 10.0. The number of carbonyl (C=O) groups is 1. The maximum Gasteiger partial charge on any atom is 0.266 e. The minimum Gasteiger partial charge on any atom is -0.506 e. The number of benzene rings is 3. The average Bonchev–Trinajstić information content (AvgIpc) is 2.85. The number of hydrogen-bond donors (Lipinski definition) is 1. The number of hydrogen-bond acceptors (Lipinski definition) is 5. The van der Waals surface area contributed by atoms with Crippen LogP contribution in [-0.2, 0) is 6.54 Å². The lowest BCUT2D eigenvalue weighted by Gasteiger charge is -2.14. The fraction of sp³-hybridized carbons (Fsp3) is 0.111. The van der Waals surface area contributed by atoms with E-state index in [9.17, 15) is 14.7 Å². The molecule has 1 aromatic heterocycles. The van der Waals surface area contributed by atoms with Crippen molar-refractivity contribution in [3.8, 4) is 17.2 Å². The molecule has 0 saturated carbocycles. The molecule has 0 atom stereocenters. The van der Waals surface area contributed by atoms with Crippen LogP contribution >= 0.6 is 0 Å². The highest BCUT2D eigenvalue weighted by Gasteiger charge is 2.20. The van der Waals surface area contributed by atoms with Crippen molar-refractivity contribution in [3.63, 3.8) is 0 Å². The van der Waals surface area contributed by atoms with Crippen LogP contribution in [0.15, 0.2) is 83.7 Å². The molecule has 166 valence electrons. The molecular weight excluding hydrogens is 418 g/mol. The summed E-state index contributed by atoms with van der Waals surface area (Å²) in [6.07, 6.45) is 2.85. The Bertz CT molecular complexity index is 1400. The van der Waals surface area contributed by atoms with Gasteiger partial charge in [-0.05, 0) is 41.5 Å². The van der Waals surface area contributed by atoms with Gasteiger partial charge in [-0.15, -0.1) is 0 Å². The van der Waals surface area contributed by atoms with E-state index in [0.29, 0.717) is 28.0 Å². The van der Waals surface area contributed by atoms with Crippen molar-refractivity contribution < 1.29 is 19.4 Å². The Morgan fingerprint density at radius 2 is 1.64 bits per heavy atom. The van der Waals surface area contributed by atoms with Crippen LogP contribution in [0, 0.1) is 0 Å². The van der Waals surface area contributed by atoms with Gasteiger partial charge in [0.05, 0.1) is 26.3 Å². The van der Waals surface area contributed by atoms with Gasteiger partial charge in [-0.25, -0.2) is 0 Å². The van der Waals surface area contributed by atoms with Crippen LogP contribution < -0.4 is 15.0 Å². The van der Waals surface area contributed by atoms with E-state index in [1.54, 1.807) is 55.7 Å². The number of aromatic nitrogens is 1. The second-order valence-corrected chi connectivity index (χ2v) is 7.43. The Morgan fingerprint density at radius 3 is 2.36 bits per heavy atom. The van der Waals surface area contributed by atoms with Crippen LogP contribution in [0.5, 0.6) is 17.2 Å². The number of rotatable bonds is 7. The number of aromatic hydroxyl groups is 1. The van der Waals surface area contributed by atoms with Crippen molar-refractivity contribution in [2.75, 3.05) is 14.2 Å². The van der Waals surface area contributed by atoms with Crippen molar-refractivity contribution in [2.24, 2.45) is 0 Å². The number of pyridine rings is 1. The summed E-state index contributed by atoms with van der Waals surface area (Å²) < 4.78 is 12.0. The first kappa shape index (κ1) is 21.9. The van der Waals surface area contributed by atoms with Crippen molar-refractivity contribution in [2.45, 2.75) is 6.54 Å². The summed E-state index contributed by atoms with van der Waals surface area (Å²) in [5, 5.41) is 11.3. The van der Waals surface area contributed by atoms with Crippen LogP contribution in [0.3, 0.4) is 0 Å². The number of ether oxygens (including phenoxy) is 2. The van der Waals surface area contributed by atoms with Gasteiger partial charge < -0.3 is 19.1 Å². The van der Waals surface area contributed by atoms with E-state index >= 15 is 0 Å². The summed E-state index contributed by atoms with van der Waals surface area (Å²) >= 11 is 0. The van der Waals surface area contributed by atoms with E-state index in [2.05, 4.69) is 0 Å². The van der Waals surface area contributed by atoms with Crippen molar-refractivity contribution >= 4 is 22.8 Å². The molecule has 0 amide bonds. The van der Waals surface area contributed by atoms with E-state index in [1.807, 2.05) is 30.3 Å². The molecule has 6 heteroatoms. The first-order chi connectivity index (χ1) is 16.0. The van der Waals surface area contributed by atoms with Crippen LogP contribution in [0.4, 0.5) is 0 Å². The smallest absolute Gasteiger partial charge is 0.266 e. The summed E-state index contributed by atoms with van der Waals surface area (Å²) in [6, 6.07) is 21.7. The van der Waals surface area contributed by atoms with Gasteiger partial charge in [-0.2, -0.15) is 0 Å². The molecule has 4 rings (SSSR count). The molecule has 0 saturated heterocycles. The highest BCUT2D eigenvalue weighted by molar-refractivity contribution is 6.11. The average molecular weight is 441 g/mol. The van der Waals surface area contributed by atoms with Gasteiger partial charge in [0.15, 0.2) is 17.3 Å². The lowest BCUT2D eigenvalue weighted by molar-refractivity contribution is 0.104. The minimum absolute atomic E-state index is 0.263. The first-order valence-electron chi connectivity index (χ1n) is 10.4. The second kappa shape index (κ2) is 9.44. The Morgan fingerprint density at radius 1 is 0.939 bits per heavy atom. The minimum atomic E-state index is -0.583. The predicted octanol–water partition coefficient (Wildman–Crippen LogP) is 4.67. The fourth-order valence-electron chi connectivity index (χ4n) is 3.75. The third-order valence-corrected chi connectivity index (χ3v) is 5.41. The zero-order valence-electron chi connectivity index (χ0n) is 18.3. The number of methoxy groups -OCH3 is 2. The van der Waals surface area contributed by atoms with E-state index in [-0.39, 0.29) is 17.9 Å². The topological polar surface area (TPSA) is 77.8 Å². The molecule has 3 aromatic carbocycles. The van der Waals surface area contributed by atoms with E-state index < -0.39 is 11.3 Å². The maximum absolute atomic E-state index is 13.4. The fourth-order valence-corrected chi connectivity index (χ4v) is 3.75. The van der Waals surface area contributed by atoms with Crippen molar-refractivity contribution in [3.05, 3.63) is 106 Å². The monoisotopic (exact) mass is 441 g/mol. The second-order valence-electron chi connectivity index (χ2n) is 7.43. The van der Waals surface area contributed by atoms with Crippen molar-refractivity contribution in [1.29, 1.82) is 0 Å². The third-order valence-electron chi connectivity index (χ3n) is 5.41. The molecule has 0 spiro atoms. The standard InChI is InChI=1S/C27H23NO5/c1-32-23-15-13-18(16-24(23)33-2)12-14-22(29)25-26(30)20-10-6-7-11-21(20)28(27(25)31)17-19-8-4-3-5-9-19/h3-16,30H,17H2,1-2H3/b14-12+. The highest BCUT2D eigenvalue weighted by atomic mass is 16.5. The molecule has 0 aliphatic heterocycles. The molecule has 0 aliphatic rings. The van der Waals surface area contributed by atoms with Gasteiger partial charge >= 0.3 is 0 Å². The van der Waals surface area contributed by atoms with Crippen LogP contribution in [0.25, 0.3) is 17.0 Å². The summed E-state index contributed by atoms with van der Waals surface area (Å²) in [5.41, 5.74) is 1.35. The number of fused-ring (bicyclic) bond motifs is 1. The lowest BCUT2D eigenvalue weighted by Crippen LogP contribution is -2.27. The molecule has 0 radical (unpaired) electrons. The maximum atomic E-state index is 13.4. The number of allylic oxidation sites excluding steroid dienone is 1. The van der Waals surface area contributed by atoms with E-state index in [4.69, 9.17) is 9.47 Å². The number of para-hydroxylation sites is 1. The Hall–Kier alpha value is -4.32. The van der Waals surface area contributed by atoms with Crippen LogP contribution in [0.2, 0.25) is 0 Å². The summed E-state index contributed by atoms with van der Waals surface area (Å²) in [7, 11) is 3.07. The van der Waals surface area contributed by atoms with Crippen molar-refractivity contribution in [1.82, 2.24) is 4.57 Å². The molecule has 0 aliphatic carbocycles.